The van der Waals surface area contributed by atoms with Crippen LogP contribution in [0.5, 0.6) is 0 Å². The number of nitrogens with zero attached hydrogens (tertiary/aromatic N) is 1. The summed E-state index contributed by atoms with van der Waals surface area (Å²) in [4.78, 5) is 14.3. The predicted octanol–water partition coefficient (Wildman–Crippen LogP) is 3.05. The van der Waals surface area contributed by atoms with Gasteiger partial charge in [0.25, 0.3) is 0 Å². The molecule has 0 aliphatic carbocycles. The standard InChI is InChI=1S/C17H21ClN2O3S/c1-10(9-22-3)20-11(2)14(16(21)23-4)15(19-17(20)24)12-5-7-13(18)8-6-12/h5-8,10,15H,9H2,1-4H3,(H,19,24)/t10-,15+/m0/s1. The van der Waals surface area contributed by atoms with E-state index in [0.29, 0.717) is 22.3 Å². The molecule has 1 N–H and O–H groups in total. The lowest BCUT2D eigenvalue weighted by Gasteiger charge is -2.40. The summed E-state index contributed by atoms with van der Waals surface area (Å²) >= 11 is 11.5. The van der Waals surface area contributed by atoms with Crippen LogP contribution in [0.1, 0.15) is 25.5 Å². The number of methoxy groups -OCH3 is 2. The summed E-state index contributed by atoms with van der Waals surface area (Å²) < 4.78 is 10.2. The molecule has 0 amide bonds. The normalized spacial score (nSPS) is 19.1. The molecule has 0 saturated carbocycles. The average molecular weight is 369 g/mol. The Bertz CT molecular complexity index is 660. The molecule has 0 aromatic heterocycles. The van der Waals surface area contributed by atoms with Gasteiger partial charge in [-0.2, -0.15) is 0 Å². The van der Waals surface area contributed by atoms with Crippen LogP contribution in [0.2, 0.25) is 5.02 Å². The Balaban J connectivity index is 2.51. The van der Waals surface area contributed by atoms with E-state index in [1.54, 1.807) is 19.2 Å². The number of benzene rings is 1. The molecule has 1 aliphatic rings. The smallest absolute Gasteiger partial charge is 0.337 e. The maximum atomic E-state index is 12.4. The number of rotatable bonds is 5. The van der Waals surface area contributed by atoms with E-state index in [9.17, 15) is 4.79 Å². The van der Waals surface area contributed by atoms with Crippen LogP contribution in [-0.2, 0) is 14.3 Å². The molecule has 0 radical (unpaired) electrons. The minimum atomic E-state index is -0.392. The van der Waals surface area contributed by atoms with Gasteiger partial charge in [0, 0.05) is 17.8 Å². The molecule has 0 fully saturated rings. The number of hydrogen-bond acceptors (Lipinski definition) is 4. The van der Waals surface area contributed by atoms with Crippen molar-refractivity contribution in [2.24, 2.45) is 0 Å². The highest BCUT2D eigenvalue weighted by atomic mass is 35.5. The quantitative estimate of drug-likeness (QED) is 0.636. The van der Waals surface area contributed by atoms with Crippen molar-refractivity contribution in [2.45, 2.75) is 25.9 Å². The Morgan fingerprint density at radius 1 is 1.38 bits per heavy atom. The molecule has 7 heteroatoms. The molecular formula is C17H21ClN2O3S. The van der Waals surface area contributed by atoms with Gasteiger partial charge in [0.05, 0.1) is 31.4 Å². The Morgan fingerprint density at radius 3 is 2.54 bits per heavy atom. The predicted molar refractivity (Wildman–Crippen MR) is 97.8 cm³/mol. The summed E-state index contributed by atoms with van der Waals surface area (Å²) in [6.45, 7) is 4.34. The summed E-state index contributed by atoms with van der Waals surface area (Å²) in [6, 6.07) is 6.91. The molecule has 0 bridgehead atoms. The third kappa shape index (κ3) is 3.71. The first kappa shape index (κ1) is 18.7. The van der Waals surface area contributed by atoms with E-state index < -0.39 is 5.97 Å². The Kier molecular flexibility index (Phi) is 6.21. The van der Waals surface area contributed by atoms with Crippen molar-refractivity contribution in [1.82, 2.24) is 10.2 Å². The first-order valence-electron chi connectivity index (χ1n) is 7.53. The number of hydrogen-bond donors (Lipinski definition) is 1. The zero-order valence-corrected chi connectivity index (χ0v) is 15.7. The molecule has 0 unspecified atom stereocenters. The van der Waals surface area contributed by atoms with Crippen molar-refractivity contribution in [3.63, 3.8) is 0 Å². The van der Waals surface area contributed by atoms with Crippen LogP contribution >= 0.6 is 23.8 Å². The van der Waals surface area contributed by atoms with Crippen LogP contribution in [0.15, 0.2) is 35.5 Å². The number of allylic oxidation sites excluding steroid dienone is 1. The first-order valence-corrected chi connectivity index (χ1v) is 8.32. The van der Waals surface area contributed by atoms with Gasteiger partial charge in [0.1, 0.15) is 0 Å². The first-order chi connectivity index (χ1) is 11.4. The third-order valence-corrected chi connectivity index (χ3v) is 4.55. The molecule has 130 valence electrons. The second-order valence-electron chi connectivity index (χ2n) is 5.60. The van der Waals surface area contributed by atoms with Gasteiger partial charge in [0.15, 0.2) is 5.11 Å². The number of esters is 1. The third-order valence-electron chi connectivity index (χ3n) is 3.98. The minimum Gasteiger partial charge on any atom is -0.466 e. The minimum absolute atomic E-state index is 0.0131. The van der Waals surface area contributed by atoms with E-state index >= 15 is 0 Å². The molecule has 0 spiro atoms. The van der Waals surface area contributed by atoms with Crippen molar-refractivity contribution in [3.05, 3.63) is 46.1 Å². The van der Waals surface area contributed by atoms with E-state index in [1.807, 2.05) is 30.9 Å². The molecular weight excluding hydrogens is 348 g/mol. The van der Waals surface area contributed by atoms with Gasteiger partial charge in [-0.05, 0) is 43.8 Å². The van der Waals surface area contributed by atoms with Crippen LogP contribution in [0.3, 0.4) is 0 Å². The fraction of sp³-hybridized carbons (Fsp3) is 0.412. The number of nitrogens with one attached hydrogen (secondary N) is 1. The molecule has 1 heterocycles. The van der Waals surface area contributed by atoms with Gasteiger partial charge >= 0.3 is 5.97 Å². The van der Waals surface area contributed by atoms with E-state index in [1.165, 1.54) is 7.11 Å². The summed E-state index contributed by atoms with van der Waals surface area (Å²) in [5.41, 5.74) is 2.17. The molecule has 2 rings (SSSR count). The zero-order chi connectivity index (χ0) is 17.9. The van der Waals surface area contributed by atoms with Gasteiger partial charge in [-0.1, -0.05) is 23.7 Å². The highest BCUT2D eigenvalue weighted by molar-refractivity contribution is 7.80. The van der Waals surface area contributed by atoms with Crippen LogP contribution in [0, 0.1) is 0 Å². The van der Waals surface area contributed by atoms with Gasteiger partial charge in [-0.3, -0.25) is 0 Å². The highest BCUT2D eigenvalue weighted by Gasteiger charge is 2.36. The van der Waals surface area contributed by atoms with Crippen LogP contribution in [-0.4, -0.2) is 42.8 Å². The summed E-state index contributed by atoms with van der Waals surface area (Å²) in [5.74, 6) is -0.392. The Labute approximate surface area is 152 Å². The lowest BCUT2D eigenvalue weighted by Crippen LogP contribution is -2.52. The summed E-state index contributed by atoms with van der Waals surface area (Å²) in [7, 11) is 3.01. The number of thiocarbonyl (C=S) groups is 1. The van der Waals surface area contributed by atoms with E-state index in [-0.39, 0.29) is 12.1 Å². The average Bonchev–Trinajstić information content (AvgIpc) is 2.54. The molecule has 24 heavy (non-hydrogen) atoms. The number of halogens is 1. The monoisotopic (exact) mass is 368 g/mol. The van der Waals surface area contributed by atoms with Gasteiger partial charge in [-0.25, -0.2) is 4.79 Å². The lowest BCUT2D eigenvalue weighted by atomic mass is 9.94. The number of ether oxygens (including phenoxy) is 2. The van der Waals surface area contributed by atoms with Gasteiger partial charge < -0.3 is 19.7 Å². The SMILES string of the molecule is COC[C@H](C)N1C(=S)N[C@H](c2ccc(Cl)cc2)C(C(=O)OC)=C1C. The fourth-order valence-corrected chi connectivity index (χ4v) is 3.44. The fourth-order valence-electron chi connectivity index (χ4n) is 2.88. The van der Waals surface area contributed by atoms with Gasteiger partial charge in [0.2, 0.25) is 0 Å². The topological polar surface area (TPSA) is 50.8 Å². The summed E-state index contributed by atoms with van der Waals surface area (Å²) in [5, 5.41) is 4.42. The van der Waals surface area contributed by atoms with E-state index in [4.69, 9.17) is 33.3 Å². The molecule has 0 saturated heterocycles. The van der Waals surface area contributed by atoms with Crippen LogP contribution in [0.4, 0.5) is 0 Å². The molecule has 1 aromatic rings. The Morgan fingerprint density at radius 2 is 2.00 bits per heavy atom. The second kappa shape index (κ2) is 7.96. The van der Waals surface area contributed by atoms with Crippen molar-refractivity contribution < 1.29 is 14.3 Å². The zero-order valence-electron chi connectivity index (χ0n) is 14.1. The maximum Gasteiger partial charge on any atom is 0.337 e. The number of carbonyl (C=O) groups is 1. The highest BCUT2D eigenvalue weighted by Crippen LogP contribution is 2.32. The maximum absolute atomic E-state index is 12.4. The number of carbonyl (C=O) groups excluding carboxylic acids is 1. The molecule has 2 atom stereocenters. The lowest BCUT2D eigenvalue weighted by molar-refractivity contribution is -0.136. The van der Waals surface area contributed by atoms with Crippen molar-refractivity contribution in [2.75, 3.05) is 20.8 Å². The Hall–Kier alpha value is -1.63. The van der Waals surface area contributed by atoms with E-state index in [2.05, 4.69) is 5.32 Å². The largest absolute Gasteiger partial charge is 0.466 e. The van der Waals surface area contributed by atoms with Crippen LogP contribution < -0.4 is 5.32 Å². The molecule has 1 aromatic carbocycles. The van der Waals surface area contributed by atoms with E-state index in [0.717, 1.165) is 11.3 Å². The van der Waals surface area contributed by atoms with Crippen molar-refractivity contribution >= 4 is 34.9 Å². The summed E-state index contributed by atoms with van der Waals surface area (Å²) in [6.07, 6.45) is 0. The molecule has 5 nitrogen and oxygen atoms in total. The van der Waals surface area contributed by atoms with Crippen LogP contribution in [0.25, 0.3) is 0 Å². The second-order valence-corrected chi connectivity index (χ2v) is 6.42. The van der Waals surface area contributed by atoms with Crippen molar-refractivity contribution in [1.29, 1.82) is 0 Å². The molecule has 1 aliphatic heterocycles. The van der Waals surface area contributed by atoms with Crippen molar-refractivity contribution in [3.8, 4) is 0 Å². The van der Waals surface area contributed by atoms with Gasteiger partial charge in [-0.15, -0.1) is 0 Å².